The Balaban J connectivity index is 1.98. The first-order chi connectivity index (χ1) is 14.0. The zero-order valence-corrected chi connectivity index (χ0v) is 16.4. The number of carbonyl (C=O) groups excluding carboxylic acids is 2. The van der Waals surface area contributed by atoms with Gasteiger partial charge in [0.2, 0.25) is 0 Å². The number of benzene rings is 1. The normalized spacial score (nSPS) is 10.7. The third-order valence-electron chi connectivity index (χ3n) is 4.28. The van der Waals surface area contributed by atoms with Gasteiger partial charge in [0.25, 0.3) is 11.8 Å². The van der Waals surface area contributed by atoms with Crippen molar-refractivity contribution in [3.05, 3.63) is 52.1 Å². The van der Waals surface area contributed by atoms with E-state index in [1.165, 1.54) is 13.2 Å². The van der Waals surface area contributed by atoms with E-state index in [1.54, 1.807) is 23.0 Å². The Morgan fingerprint density at radius 1 is 1.21 bits per heavy atom. The minimum Gasteiger partial charge on any atom is -0.497 e. The Hall–Kier alpha value is -3.62. The van der Waals surface area contributed by atoms with Crippen molar-refractivity contribution in [2.75, 3.05) is 19.0 Å². The molecule has 0 radical (unpaired) electrons. The lowest BCUT2D eigenvalue weighted by molar-refractivity contribution is 0.0948. The summed E-state index contributed by atoms with van der Waals surface area (Å²) in [6, 6.07) is 5.95. The zero-order valence-electron chi connectivity index (χ0n) is 16.4. The monoisotopic (exact) mass is 398 g/mol. The minimum absolute atomic E-state index is 0.114. The van der Waals surface area contributed by atoms with Crippen molar-refractivity contribution in [1.29, 1.82) is 0 Å². The second-order valence-corrected chi connectivity index (χ2v) is 6.30. The van der Waals surface area contributed by atoms with E-state index in [1.807, 2.05) is 13.8 Å². The summed E-state index contributed by atoms with van der Waals surface area (Å²) in [6.07, 6.45) is 2.35. The molecule has 2 amide bonds. The quantitative estimate of drug-likeness (QED) is 0.591. The van der Waals surface area contributed by atoms with Gasteiger partial charge in [-0.3, -0.25) is 14.3 Å². The Bertz CT molecular complexity index is 1120. The van der Waals surface area contributed by atoms with Gasteiger partial charge < -0.3 is 19.8 Å². The number of amides is 2. The van der Waals surface area contributed by atoms with Crippen LogP contribution < -0.4 is 21.0 Å². The van der Waals surface area contributed by atoms with E-state index in [-0.39, 0.29) is 28.4 Å². The van der Waals surface area contributed by atoms with Crippen LogP contribution in [0, 0.1) is 0 Å². The SMILES string of the molecule is CCCNC(=O)c1nn(CC)cc1NC(=O)c1cc(=O)oc2cc(OC)ccc12. The fourth-order valence-electron chi connectivity index (χ4n) is 2.81. The molecule has 2 heterocycles. The van der Waals surface area contributed by atoms with Gasteiger partial charge in [-0.15, -0.1) is 0 Å². The molecule has 9 nitrogen and oxygen atoms in total. The number of carbonyl (C=O) groups is 2. The molecule has 1 aromatic carbocycles. The van der Waals surface area contributed by atoms with Crippen LogP contribution in [0.25, 0.3) is 11.0 Å². The molecule has 0 fully saturated rings. The number of nitrogens with zero attached hydrogens (tertiary/aromatic N) is 2. The van der Waals surface area contributed by atoms with Gasteiger partial charge in [0.05, 0.1) is 18.4 Å². The molecule has 3 aromatic rings. The van der Waals surface area contributed by atoms with Gasteiger partial charge >= 0.3 is 5.63 Å². The molecular weight excluding hydrogens is 376 g/mol. The predicted octanol–water partition coefficient (Wildman–Crippen LogP) is 2.41. The lowest BCUT2D eigenvalue weighted by Crippen LogP contribution is -2.26. The number of hydrogen-bond donors (Lipinski definition) is 2. The van der Waals surface area contributed by atoms with Crippen molar-refractivity contribution in [3.63, 3.8) is 0 Å². The highest BCUT2D eigenvalue weighted by Crippen LogP contribution is 2.24. The standard InChI is InChI=1S/C20H22N4O5/c1-4-8-21-20(27)18-15(11-24(5-2)23-18)22-19(26)14-10-17(25)29-16-9-12(28-3)6-7-13(14)16/h6-7,9-11H,4-5,8H2,1-3H3,(H,21,27)(H,22,26). The summed E-state index contributed by atoms with van der Waals surface area (Å²) >= 11 is 0. The van der Waals surface area contributed by atoms with Crippen molar-refractivity contribution >= 4 is 28.5 Å². The topological polar surface area (TPSA) is 115 Å². The molecule has 0 aliphatic heterocycles. The number of methoxy groups -OCH3 is 1. The van der Waals surface area contributed by atoms with E-state index in [9.17, 15) is 14.4 Å². The number of rotatable bonds is 7. The summed E-state index contributed by atoms with van der Waals surface area (Å²) in [5.41, 5.74) is 0.0687. The molecule has 0 saturated carbocycles. The number of aryl methyl sites for hydroxylation is 1. The lowest BCUT2D eigenvalue weighted by Gasteiger charge is -2.08. The van der Waals surface area contributed by atoms with Gasteiger partial charge in [0, 0.05) is 36.8 Å². The van der Waals surface area contributed by atoms with Crippen LogP contribution in [0.1, 0.15) is 41.1 Å². The molecule has 0 aliphatic carbocycles. The first-order valence-corrected chi connectivity index (χ1v) is 9.25. The van der Waals surface area contributed by atoms with Crippen LogP contribution >= 0.6 is 0 Å². The van der Waals surface area contributed by atoms with Gasteiger partial charge in [0.15, 0.2) is 5.69 Å². The van der Waals surface area contributed by atoms with Crippen molar-refractivity contribution in [3.8, 4) is 5.75 Å². The molecular formula is C20H22N4O5. The van der Waals surface area contributed by atoms with E-state index in [0.717, 1.165) is 12.5 Å². The Morgan fingerprint density at radius 2 is 2.00 bits per heavy atom. The number of ether oxygens (including phenoxy) is 1. The highest BCUT2D eigenvalue weighted by molar-refractivity contribution is 6.13. The maximum Gasteiger partial charge on any atom is 0.337 e. The van der Waals surface area contributed by atoms with E-state index in [4.69, 9.17) is 9.15 Å². The molecule has 0 saturated heterocycles. The average molecular weight is 398 g/mol. The summed E-state index contributed by atoms with van der Waals surface area (Å²) in [5, 5.41) is 10.1. The molecule has 0 unspecified atom stereocenters. The number of aromatic nitrogens is 2. The lowest BCUT2D eigenvalue weighted by atomic mass is 10.1. The Labute approximate surface area is 166 Å². The van der Waals surface area contributed by atoms with E-state index in [2.05, 4.69) is 15.7 Å². The Kier molecular flexibility index (Phi) is 5.96. The third-order valence-corrected chi connectivity index (χ3v) is 4.28. The predicted molar refractivity (Wildman–Crippen MR) is 108 cm³/mol. The van der Waals surface area contributed by atoms with Crippen molar-refractivity contribution in [2.24, 2.45) is 0 Å². The van der Waals surface area contributed by atoms with Crippen LogP contribution in [0.15, 0.2) is 39.7 Å². The van der Waals surface area contributed by atoms with Gasteiger partial charge in [-0.05, 0) is 25.5 Å². The molecule has 9 heteroatoms. The van der Waals surface area contributed by atoms with E-state index < -0.39 is 11.5 Å². The first-order valence-electron chi connectivity index (χ1n) is 9.25. The number of anilines is 1. The summed E-state index contributed by atoms with van der Waals surface area (Å²) in [4.78, 5) is 37.3. The highest BCUT2D eigenvalue weighted by atomic mass is 16.5. The zero-order chi connectivity index (χ0) is 21.0. The third kappa shape index (κ3) is 4.29. The number of hydrogen-bond acceptors (Lipinski definition) is 6. The second kappa shape index (κ2) is 8.59. The van der Waals surface area contributed by atoms with Crippen molar-refractivity contribution < 1.29 is 18.7 Å². The van der Waals surface area contributed by atoms with Crippen LogP contribution in [-0.4, -0.2) is 35.2 Å². The number of nitrogens with one attached hydrogen (secondary N) is 2. The van der Waals surface area contributed by atoms with Crippen molar-refractivity contribution in [1.82, 2.24) is 15.1 Å². The van der Waals surface area contributed by atoms with E-state index >= 15 is 0 Å². The van der Waals surface area contributed by atoms with Crippen LogP contribution in [0.3, 0.4) is 0 Å². The largest absolute Gasteiger partial charge is 0.497 e. The Morgan fingerprint density at radius 3 is 2.69 bits per heavy atom. The van der Waals surface area contributed by atoms with Crippen LogP contribution in [0.4, 0.5) is 5.69 Å². The molecule has 152 valence electrons. The molecule has 0 spiro atoms. The van der Waals surface area contributed by atoms with E-state index in [0.29, 0.717) is 24.2 Å². The summed E-state index contributed by atoms with van der Waals surface area (Å²) in [5.74, 6) is -0.429. The second-order valence-electron chi connectivity index (χ2n) is 6.30. The summed E-state index contributed by atoms with van der Waals surface area (Å²) in [7, 11) is 1.49. The van der Waals surface area contributed by atoms with Gasteiger partial charge in [-0.2, -0.15) is 5.10 Å². The highest BCUT2D eigenvalue weighted by Gasteiger charge is 2.20. The minimum atomic E-state index is -0.666. The molecule has 3 rings (SSSR count). The first kappa shape index (κ1) is 20.1. The maximum atomic E-state index is 12.9. The molecule has 29 heavy (non-hydrogen) atoms. The molecule has 0 aliphatic rings. The van der Waals surface area contributed by atoms with Gasteiger partial charge in [-0.25, -0.2) is 4.79 Å². The van der Waals surface area contributed by atoms with Crippen LogP contribution in [-0.2, 0) is 6.54 Å². The molecule has 2 N–H and O–H groups in total. The average Bonchev–Trinajstić information content (AvgIpc) is 3.13. The maximum absolute atomic E-state index is 12.9. The smallest absolute Gasteiger partial charge is 0.337 e. The molecule has 0 atom stereocenters. The fourth-order valence-corrected chi connectivity index (χ4v) is 2.81. The van der Waals surface area contributed by atoms with Gasteiger partial charge in [-0.1, -0.05) is 6.92 Å². The molecule has 2 aromatic heterocycles. The summed E-state index contributed by atoms with van der Waals surface area (Å²) < 4.78 is 11.9. The van der Waals surface area contributed by atoms with Crippen LogP contribution in [0.2, 0.25) is 0 Å². The number of fused-ring (bicyclic) bond motifs is 1. The van der Waals surface area contributed by atoms with Gasteiger partial charge in [0.1, 0.15) is 11.3 Å². The summed E-state index contributed by atoms with van der Waals surface area (Å²) in [6.45, 7) is 4.84. The molecule has 0 bridgehead atoms. The fraction of sp³-hybridized carbons (Fsp3) is 0.300. The van der Waals surface area contributed by atoms with Crippen LogP contribution in [0.5, 0.6) is 5.75 Å². The van der Waals surface area contributed by atoms with Crippen molar-refractivity contribution in [2.45, 2.75) is 26.8 Å².